The molecule has 0 aromatic heterocycles. The zero-order valence-corrected chi connectivity index (χ0v) is 22.2. The van der Waals surface area contributed by atoms with Gasteiger partial charge < -0.3 is 35.2 Å². The van der Waals surface area contributed by atoms with Crippen LogP contribution in [0.2, 0.25) is 0 Å². The first-order valence-electron chi connectivity index (χ1n) is 11.9. The molecule has 10 nitrogen and oxygen atoms in total. The molecule has 0 spiro atoms. The van der Waals surface area contributed by atoms with Crippen LogP contribution in [0, 0.1) is 13.8 Å². The van der Waals surface area contributed by atoms with Gasteiger partial charge >= 0.3 is 6.09 Å². The molecule has 2 aromatic carbocycles. The summed E-state index contributed by atoms with van der Waals surface area (Å²) in [6, 6.07) is 9.51. The fraction of sp³-hybridized carbons (Fsp3) is 0.444. The molecular formula is C27H37N3O7. The van der Waals surface area contributed by atoms with Crippen molar-refractivity contribution in [1.82, 2.24) is 10.2 Å². The van der Waals surface area contributed by atoms with Crippen LogP contribution in [0.5, 0.6) is 5.75 Å². The Morgan fingerprint density at radius 1 is 1.03 bits per heavy atom. The van der Waals surface area contributed by atoms with E-state index in [4.69, 9.17) is 9.47 Å². The summed E-state index contributed by atoms with van der Waals surface area (Å²) < 4.78 is 10.4. The highest BCUT2D eigenvalue weighted by Crippen LogP contribution is 2.28. The van der Waals surface area contributed by atoms with Gasteiger partial charge in [0.1, 0.15) is 23.4 Å². The first-order valence-corrected chi connectivity index (χ1v) is 11.9. The first kappa shape index (κ1) is 29.6. The SMILES string of the molecule is COc1ccc(NC(=O)C(c2cccc(C)c2C)N(CCO)C(=O)C(CO)NC(=O)OC(C)(C)C)cc1. The van der Waals surface area contributed by atoms with E-state index in [0.717, 1.165) is 16.0 Å². The number of alkyl carbamates (subject to hydrolysis) is 1. The van der Waals surface area contributed by atoms with Crippen molar-refractivity contribution in [2.24, 2.45) is 0 Å². The van der Waals surface area contributed by atoms with Crippen molar-refractivity contribution >= 4 is 23.6 Å². The Morgan fingerprint density at radius 2 is 1.68 bits per heavy atom. The van der Waals surface area contributed by atoms with Gasteiger partial charge in [-0.05, 0) is 75.6 Å². The quantitative estimate of drug-likeness (QED) is 0.382. The van der Waals surface area contributed by atoms with Crippen molar-refractivity contribution in [3.05, 3.63) is 59.2 Å². The van der Waals surface area contributed by atoms with Crippen LogP contribution in [0.3, 0.4) is 0 Å². The fourth-order valence-electron chi connectivity index (χ4n) is 3.72. The van der Waals surface area contributed by atoms with Crippen LogP contribution in [-0.4, -0.2) is 71.5 Å². The van der Waals surface area contributed by atoms with Crippen LogP contribution in [0.25, 0.3) is 0 Å². The summed E-state index contributed by atoms with van der Waals surface area (Å²) in [4.78, 5) is 40.8. The van der Waals surface area contributed by atoms with E-state index < -0.39 is 48.8 Å². The number of benzene rings is 2. The maximum absolute atomic E-state index is 13.7. The molecule has 2 unspecified atom stereocenters. The highest BCUT2D eigenvalue weighted by molar-refractivity contribution is 5.99. The van der Waals surface area contributed by atoms with Crippen molar-refractivity contribution < 1.29 is 34.1 Å². The highest BCUT2D eigenvalue weighted by atomic mass is 16.6. The van der Waals surface area contributed by atoms with Crippen molar-refractivity contribution in [2.45, 2.75) is 52.3 Å². The number of amides is 3. The number of methoxy groups -OCH3 is 1. The lowest BCUT2D eigenvalue weighted by Crippen LogP contribution is -2.54. The molecule has 0 aliphatic rings. The van der Waals surface area contributed by atoms with Crippen molar-refractivity contribution in [1.29, 1.82) is 0 Å². The van der Waals surface area contributed by atoms with Gasteiger partial charge in [0.05, 0.1) is 20.3 Å². The predicted octanol–water partition coefficient (Wildman–Crippen LogP) is 2.70. The number of hydrogen-bond acceptors (Lipinski definition) is 7. The number of aliphatic hydroxyl groups excluding tert-OH is 2. The lowest BCUT2D eigenvalue weighted by atomic mass is 9.95. The third kappa shape index (κ3) is 8.19. The Bertz CT molecular complexity index is 1080. The standard InChI is InChI=1S/C27H37N3O7/c1-17-8-7-9-21(18(17)2)23(24(33)28-19-10-12-20(36-6)13-11-19)30(14-15-31)25(34)22(16-32)29-26(35)37-27(3,4)5/h7-13,22-23,31-32H,14-16H2,1-6H3,(H,28,33)(H,29,35). The Labute approximate surface area is 217 Å². The molecule has 2 rings (SSSR count). The second-order valence-corrected chi connectivity index (χ2v) is 9.55. The lowest BCUT2D eigenvalue weighted by Gasteiger charge is -2.34. The van der Waals surface area contributed by atoms with Crippen LogP contribution in [0.4, 0.5) is 10.5 Å². The number of carbonyl (C=O) groups is 3. The smallest absolute Gasteiger partial charge is 0.408 e. The van der Waals surface area contributed by atoms with Gasteiger partial charge in [-0.25, -0.2) is 4.79 Å². The predicted molar refractivity (Wildman–Crippen MR) is 139 cm³/mol. The van der Waals surface area contributed by atoms with Gasteiger partial charge in [0.2, 0.25) is 5.91 Å². The highest BCUT2D eigenvalue weighted by Gasteiger charge is 2.36. The van der Waals surface area contributed by atoms with E-state index in [0.29, 0.717) is 17.0 Å². The molecule has 0 aliphatic carbocycles. The van der Waals surface area contributed by atoms with E-state index >= 15 is 0 Å². The average molecular weight is 516 g/mol. The Morgan fingerprint density at radius 3 is 2.22 bits per heavy atom. The molecule has 0 saturated heterocycles. The molecule has 0 aliphatic heterocycles. The molecule has 2 atom stereocenters. The zero-order valence-electron chi connectivity index (χ0n) is 22.2. The fourth-order valence-corrected chi connectivity index (χ4v) is 3.72. The molecule has 10 heteroatoms. The topological polar surface area (TPSA) is 137 Å². The van der Waals surface area contributed by atoms with Gasteiger partial charge in [-0.15, -0.1) is 0 Å². The molecule has 0 bridgehead atoms. The van der Waals surface area contributed by atoms with E-state index in [2.05, 4.69) is 10.6 Å². The van der Waals surface area contributed by atoms with Gasteiger partial charge in [-0.2, -0.15) is 0 Å². The van der Waals surface area contributed by atoms with E-state index in [-0.39, 0.29) is 6.54 Å². The number of nitrogens with one attached hydrogen (secondary N) is 2. The van der Waals surface area contributed by atoms with Gasteiger partial charge in [-0.3, -0.25) is 9.59 Å². The Hall–Kier alpha value is -3.63. The normalized spacial score (nSPS) is 12.8. The summed E-state index contributed by atoms with van der Waals surface area (Å²) >= 11 is 0. The minimum atomic E-state index is -1.40. The maximum Gasteiger partial charge on any atom is 0.408 e. The molecule has 0 fully saturated rings. The number of rotatable bonds is 10. The Kier molecular flexibility index (Phi) is 10.5. The minimum Gasteiger partial charge on any atom is -0.497 e. The number of ether oxygens (including phenoxy) is 2. The van der Waals surface area contributed by atoms with Crippen molar-refractivity contribution in [2.75, 3.05) is 32.2 Å². The summed E-state index contributed by atoms with van der Waals surface area (Å²) in [6.07, 6.45) is -0.894. The molecule has 37 heavy (non-hydrogen) atoms. The summed E-state index contributed by atoms with van der Waals surface area (Å²) in [5, 5.41) is 24.9. The largest absolute Gasteiger partial charge is 0.497 e. The molecule has 0 radical (unpaired) electrons. The Balaban J connectivity index is 2.48. The van der Waals surface area contributed by atoms with Crippen LogP contribution in [-0.2, 0) is 14.3 Å². The van der Waals surface area contributed by atoms with Crippen LogP contribution in [0.1, 0.15) is 43.5 Å². The second kappa shape index (κ2) is 13.1. The number of carbonyl (C=O) groups excluding carboxylic acids is 3. The molecule has 0 saturated carbocycles. The van der Waals surface area contributed by atoms with Gasteiger partial charge in [0.15, 0.2) is 0 Å². The number of hydrogen-bond donors (Lipinski definition) is 4. The maximum atomic E-state index is 13.7. The van der Waals surface area contributed by atoms with Gasteiger partial charge in [-0.1, -0.05) is 18.2 Å². The van der Waals surface area contributed by atoms with E-state index in [1.54, 1.807) is 57.2 Å². The number of aliphatic hydroxyl groups is 2. The minimum absolute atomic E-state index is 0.223. The second-order valence-electron chi connectivity index (χ2n) is 9.55. The van der Waals surface area contributed by atoms with Gasteiger partial charge in [0.25, 0.3) is 5.91 Å². The van der Waals surface area contributed by atoms with E-state index in [9.17, 15) is 24.6 Å². The third-order valence-electron chi connectivity index (χ3n) is 5.65. The lowest BCUT2D eigenvalue weighted by molar-refractivity contribution is -0.142. The zero-order chi connectivity index (χ0) is 27.8. The van der Waals surface area contributed by atoms with Crippen LogP contribution < -0.4 is 15.4 Å². The van der Waals surface area contributed by atoms with E-state index in [1.165, 1.54) is 7.11 Å². The third-order valence-corrected chi connectivity index (χ3v) is 5.65. The van der Waals surface area contributed by atoms with Gasteiger partial charge in [0, 0.05) is 12.2 Å². The molecule has 4 N–H and O–H groups in total. The van der Waals surface area contributed by atoms with E-state index in [1.807, 2.05) is 19.9 Å². The van der Waals surface area contributed by atoms with Crippen LogP contribution in [0.15, 0.2) is 42.5 Å². The van der Waals surface area contributed by atoms with Crippen molar-refractivity contribution in [3.63, 3.8) is 0 Å². The molecule has 202 valence electrons. The summed E-state index contributed by atoms with van der Waals surface area (Å²) in [5.74, 6) is -0.673. The molecule has 2 aromatic rings. The molecule has 3 amide bonds. The van der Waals surface area contributed by atoms with Crippen molar-refractivity contribution in [3.8, 4) is 5.75 Å². The summed E-state index contributed by atoms with van der Waals surface area (Å²) in [7, 11) is 1.53. The number of anilines is 1. The number of aryl methyl sites for hydroxylation is 1. The van der Waals surface area contributed by atoms with Crippen LogP contribution >= 0.6 is 0 Å². The molecular weight excluding hydrogens is 478 g/mol. The average Bonchev–Trinajstić information content (AvgIpc) is 2.83. The summed E-state index contributed by atoms with van der Waals surface area (Å²) in [5.41, 5.74) is 1.89. The molecule has 0 heterocycles. The monoisotopic (exact) mass is 515 g/mol. The summed E-state index contributed by atoms with van der Waals surface area (Å²) in [6.45, 7) is 7.31. The number of nitrogens with zero attached hydrogens (tertiary/aromatic N) is 1. The first-order chi connectivity index (χ1) is 17.4.